The summed E-state index contributed by atoms with van der Waals surface area (Å²) in [7, 11) is 0. The van der Waals surface area contributed by atoms with E-state index in [-0.39, 0.29) is 0 Å². The number of hydrogen-bond donors (Lipinski definition) is 0. The molecule has 0 unspecified atom stereocenters. The fraction of sp³-hybridized carbons (Fsp3) is 0. The van der Waals surface area contributed by atoms with Gasteiger partial charge in [0.2, 0.25) is 0 Å². The second-order valence-electron chi connectivity index (χ2n) is 8.12. The van der Waals surface area contributed by atoms with Crippen LogP contribution in [0.1, 0.15) is 0 Å². The molecule has 8 aromatic rings. The van der Waals surface area contributed by atoms with Crippen molar-refractivity contribution < 1.29 is 0 Å². The summed E-state index contributed by atoms with van der Waals surface area (Å²) in [5, 5.41) is 19.5. The maximum atomic E-state index is 2.38. The Balaban J connectivity index is 1.99. The zero-order valence-electron chi connectivity index (χ0n) is 15.1. The lowest BCUT2D eigenvalue weighted by atomic mass is 9.81. The van der Waals surface area contributed by atoms with Gasteiger partial charge in [-0.3, -0.25) is 0 Å². The van der Waals surface area contributed by atoms with Gasteiger partial charge in [-0.1, -0.05) is 72.8 Å². The molecule has 8 aromatic carbocycles. The quantitative estimate of drug-likeness (QED) is 0.191. The zero-order chi connectivity index (χ0) is 18.0. The van der Waals surface area contributed by atoms with Crippen LogP contribution < -0.4 is 0 Å². The van der Waals surface area contributed by atoms with E-state index in [9.17, 15) is 0 Å². The molecular formula is C28H14. The van der Waals surface area contributed by atoms with Crippen molar-refractivity contribution in [1.29, 1.82) is 0 Å². The lowest BCUT2D eigenvalue weighted by Gasteiger charge is -2.22. The molecule has 28 heavy (non-hydrogen) atoms. The highest BCUT2D eigenvalue weighted by Crippen LogP contribution is 2.50. The van der Waals surface area contributed by atoms with E-state index in [1.165, 1.54) is 75.4 Å². The highest BCUT2D eigenvalue weighted by molar-refractivity contribution is 6.48. The molecule has 0 heterocycles. The first-order chi connectivity index (χ1) is 13.9. The van der Waals surface area contributed by atoms with E-state index in [2.05, 4.69) is 84.9 Å². The molecule has 8 rings (SSSR count). The summed E-state index contributed by atoms with van der Waals surface area (Å²) in [4.78, 5) is 0. The maximum Gasteiger partial charge on any atom is -0.000138 e. The zero-order valence-corrected chi connectivity index (χ0v) is 15.1. The van der Waals surface area contributed by atoms with Gasteiger partial charge in [-0.05, 0) is 87.5 Å². The fourth-order valence-electron chi connectivity index (χ4n) is 5.86. The molecule has 0 atom stereocenters. The van der Waals surface area contributed by atoms with Crippen LogP contribution in [0.25, 0.3) is 75.4 Å². The average molecular weight is 350 g/mol. The molecule has 0 aliphatic carbocycles. The molecule has 0 nitrogen and oxygen atoms in total. The van der Waals surface area contributed by atoms with E-state index in [0.717, 1.165) is 0 Å². The number of benzene rings is 8. The van der Waals surface area contributed by atoms with Crippen LogP contribution in [0.5, 0.6) is 0 Å². The standard InChI is InChI=1S/C28H14/c1-5-15-13-16-6-3-11-21-22-12-4-8-18-14-17-7-2-10-20-19(9-1)23(15)27(25(16)21)28(24(17)20)26(18)22/h1-14H. The van der Waals surface area contributed by atoms with Crippen LogP contribution in [0.15, 0.2) is 84.9 Å². The number of fused-ring (bicyclic) bond motifs is 2. The molecule has 0 aliphatic heterocycles. The molecule has 0 aliphatic rings. The average Bonchev–Trinajstić information content (AvgIpc) is 2.74. The molecule has 0 heteroatoms. The predicted molar refractivity (Wildman–Crippen MR) is 123 cm³/mol. The SMILES string of the molecule is c1cc2cc3cccc4c5cccc6cc7cccc8c(c1)c2c(c34)c(c78)c65. The second-order valence-corrected chi connectivity index (χ2v) is 8.12. The van der Waals surface area contributed by atoms with E-state index in [0.29, 0.717) is 0 Å². The van der Waals surface area contributed by atoms with E-state index >= 15 is 0 Å². The van der Waals surface area contributed by atoms with Crippen molar-refractivity contribution in [2.45, 2.75) is 0 Å². The summed E-state index contributed by atoms with van der Waals surface area (Å²) in [5.41, 5.74) is 0. The molecule has 0 fully saturated rings. The Labute approximate surface area is 160 Å². The van der Waals surface area contributed by atoms with E-state index in [1.54, 1.807) is 0 Å². The Morgan fingerprint density at radius 1 is 0.286 bits per heavy atom. The molecule has 0 spiro atoms. The van der Waals surface area contributed by atoms with Crippen LogP contribution in [-0.4, -0.2) is 0 Å². The van der Waals surface area contributed by atoms with Gasteiger partial charge in [0.25, 0.3) is 0 Å². The van der Waals surface area contributed by atoms with Crippen molar-refractivity contribution >= 4 is 75.4 Å². The van der Waals surface area contributed by atoms with Crippen LogP contribution in [0.4, 0.5) is 0 Å². The van der Waals surface area contributed by atoms with Crippen LogP contribution in [-0.2, 0) is 0 Å². The Morgan fingerprint density at radius 3 is 0.857 bits per heavy atom. The van der Waals surface area contributed by atoms with Crippen molar-refractivity contribution in [1.82, 2.24) is 0 Å². The first-order valence-electron chi connectivity index (χ1n) is 9.88. The molecule has 0 radical (unpaired) electrons. The van der Waals surface area contributed by atoms with E-state index in [1.807, 2.05) is 0 Å². The molecule has 126 valence electrons. The van der Waals surface area contributed by atoms with Crippen molar-refractivity contribution in [2.75, 3.05) is 0 Å². The fourth-order valence-corrected chi connectivity index (χ4v) is 5.86. The monoisotopic (exact) mass is 350 g/mol. The maximum absolute atomic E-state index is 2.38. The van der Waals surface area contributed by atoms with Crippen molar-refractivity contribution in [2.24, 2.45) is 0 Å². The minimum Gasteiger partial charge on any atom is -0.0610 e. The van der Waals surface area contributed by atoms with Crippen molar-refractivity contribution in [3.63, 3.8) is 0 Å². The van der Waals surface area contributed by atoms with Gasteiger partial charge < -0.3 is 0 Å². The highest BCUT2D eigenvalue weighted by Gasteiger charge is 2.21. The first kappa shape index (κ1) is 13.5. The number of hydrogen-bond acceptors (Lipinski definition) is 0. The minimum atomic E-state index is 1.34. The summed E-state index contributed by atoms with van der Waals surface area (Å²) >= 11 is 0. The lowest BCUT2D eigenvalue weighted by molar-refractivity contribution is 1.80. The molecular weight excluding hydrogens is 336 g/mol. The van der Waals surface area contributed by atoms with Gasteiger partial charge in [-0.15, -0.1) is 0 Å². The summed E-state index contributed by atoms with van der Waals surface area (Å²) in [6.07, 6.45) is 0. The van der Waals surface area contributed by atoms with Gasteiger partial charge in [0, 0.05) is 0 Å². The Morgan fingerprint density at radius 2 is 0.571 bits per heavy atom. The molecule has 0 saturated carbocycles. The highest BCUT2D eigenvalue weighted by atomic mass is 14.2. The van der Waals surface area contributed by atoms with E-state index in [4.69, 9.17) is 0 Å². The van der Waals surface area contributed by atoms with Crippen LogP contribution in [0, 0.1) is 0 Å². The van der Waals surface area contributed by atoms with Gasteiger partial charge in [-0.25, -0.2) is 0 Å². The van der Waals surface area contributed by atoms with Gasteiger partial charge in [0.15, 0.2) is 0 Å². The topological polar surface area (TPSA) is 0 Å². The molecule has 0 bridgehead atoms. The summed E-state index contributed by atoms with van der Waals surface area (Å²) < 4.78 is 0. The third kappa shape index (κ3) is 1.31. The van der Waals surface area contributed by atoms with Crippen molar-refractivity contribution in [3.05, 3.63) is 84.9 Å². The second kappa shape index (κ2) is 4.26. The first-order valence-corrected chi connectivity index (χ1v) is 9.88. The Hall–Kier alpha value is -3.64. The predicted octanol–water partition coefficient (Wildman–Crippen LogP) is 8.07. The van der Waals surface area contributed by atoms with Gasteiger partial charge >= 0.3 is 0 Å². The normalized spacial score (nSPS) is 13.0. The summed E-state index contributed by atoms with van der Waals surface area (Å²) in [6, 6.07) is 31.9. The minimum absolute atomic E-state index is 1.34. The largest absolute Gasteiger partial charge is 0.0610 e. The molecule has 0 amide bonds. The van der Waals surface area contributed by atoms with Crippen molar-refractivity contribution in [3.8, 4) is 0 Å². The molecule has 0 aromatic heterocycles. The summed E-state index contributed by atoms with van der Waals surface area (Å²) in [5.74, 6) is 0. The van der Waals surface area contributed by atoms with Crippen LogP contribution >= 0.6 is 0 Å². The molecule has 0 saturated heterocycles. The van der Waals surface area contributed by atoms with Gasteiger partial charge in [0.05, 0.1) is 0 Å². The Bertz CT molecular complexity index is 1580. The van der Waals surface area contributed by atoms with E-state index < -0.39 is 0 Å². The van der Waals surface area contributed by atoms with Crippen LogP contribution in [0.2, 0.25) is 0 Å². The third-order valence-corrected chi connectivity index (χ3v) is 6.84. The number of rotatable bonds is 0. The van der Waals surface area contributed by atoms with Crippen LogP contribution in [0.3, 0.4) is 0 Å². The lowest BCUT2D eigenvalue weighted by Crippen LogP contribution is -1.93. The Kier molecular flexibility index (Phi) is 2.06. The third-order valence-electron chi connectivity index (χ3n) is 6.84. The smallest absolute Gasteiger partial charge is 0.000138 e. The molecule has 0 N–H and O–H groups in total. The van der Waals surface area contributed by atoms with Gasteiger partial charge in [0.1, 0.15) is 0 Å². The summed E-state index contributed by atoms with van der Waals surface area (Å²) in [6.45, 7) is 0. The van der Waals surface area contributed by atoms with Gasteiger partial charge in [-0.2, -0.15) is 0 Å².